The Balaban J connectivity index is 1.76. The van der Waals surface area contributed by atoms with Crippen molar-refractivity contribution in [1.29, 1.82) is 0 Å². The lowest BCUT2D eigenvalue weighted by Crippen LogP contribution is -2.14. The number of unbranched alkanes of at least 4 members (excludes halogenated alkanes) is 1. The van der Waals surface area contributed by atoms with Crippen LogP contribution in [0.3, 0.4) is 0 Å². The molecule has 1 aromatic carbocycles. The van der Waals surface area contributed by atoms with Gasteiger partial charge in [0.05, 0.1) is 6.10 Å². The van der Waals surface area contributed by atoms with Gasteiger partial charge < -0.3 is 10.2 Å². The summed E-state index contributed by atoms with van der Waals surface area (Å²) in [4.78, 5) is 22.5. The molecule has 1 aliphatic carbocycles. The molecule has 0 aliphatic heterocycles. The zero-order valence-electron chi connectivity index (χ0n) is 15.5. The van der Waals surface area contributed by atoms with E-state index < -0.39 is 12.1 Å². The fourth-order valence-corrected chi connectivity index (χ4v) is 3.17. The van der Waals surface area contributed by atoms with E-state index in [-0.39, 0.29) is 24.0 Å². The standard InChI is InChI=1S/C23H28O4/c24-20(15-12-18-8-4-3-5-9-18)16-13-19-14-17-22(25)21(19)10-6-1-2-7-11-23(26)27/h1,3-6,8-9,13-14,16-17,19-21,24H,2,7,10-12,15H2,(H,26,27)/b6-1-,16-13+/t19-,20+,21-/m0/s1. The number of hydrogen-bond acceptors (Lipinski definition) is 3. The molecule has 0 heterocycles. The average Bonchev–Trinajstić information content (AvgIpc) is 3.01. The number of carbonyl (C=O) groups excluding carboxylic acids is 1. The number of aliphatic hydroxyl groups is 1. The molecule has 1 aromatic rings. The lowest BCUT2D eigenvalue weighted by atomic mass is 9.90. The molecular weight excluding hydrogens is 340 g/mol. The van der Waals surface area contributed by atoms with Crippen LogP contribution in [0.4, 0.5) is 0 Å². The Morgan fingerprint density at radius 1 is 1.19 bits per heavy atom. The van der Waals surface area contributed by atoms with Gasteiger partial charge in [-0.3, -0.25) is 9.59 Å². The van der Waals surface area contributed by atoms with Crippen LogP contribution in [-0.4, -0.2) is 28.1 Å². The summed E-state index contributed by atoms with van der Waals surface area (Å²) in [6, 6.07) is 10.1. The summed E-state index contributed by atoms with van der Waals surface area (Å²) in [7, 11) is 0. The lowest BCUT2D eigenvalue weighted by Gasteiger charge is -2.13. The predicted molar refractivity (Wildman–Crippen MR) is 106 cm³/mol. The topological polar surface area (TPSA) is 74.6 Å². The molecule has 0 aromatic heterocycles. The second kappa shape index (κ2) is 11.3. The zero-order chi connectivity index (χ0) is 19.5. The van der Waals surface area contributed by atoms with Crippen LogP contribution in [-0.2, 0) is 16.0 Å². The second-order valence-corrected chi connectivity index (χ2v) is 6.91. The van der Waals surface area contributed by atoms with Crippen molar-refractivity contribution in [2.45, 2.75) is 44.6 Å². The number of rotatable bonds is 11. The Morgan fingerprint density at radius 3 is 2.70 bits per heavy atom. The van der Waals surface area contributed by atoms with Gasteiger partial charge in [-0.05, 0) is 43.7 Å². The van der Waals surface area contributed by atoms with Gasteiger partial charge in [0.1, 0.15) is 0 Å². The largest absolute Gasteiger partial charge is 0.481 e. The van der Waals surface area contributed by atoms with Crippen LogP contribution < -0.4 is 0 Å². The molecule has 2 rings (SSSR count). The number of benzene rings is 1. The first-order valence-corrected chi connectivity index (χ1v) is 9.55. The summed E-state index contributed by atoms with van der Waals surface area (Å²) in [5.74, 6) is -0.793. The molecule has 0 unspecified atom stereocenters. The van der Waals surface area contributed by atoms with E-state index in [0.717, 1.165) is 6.42 Å². The molecule has 144 valence electrons. The highest BCUT2D eigenvalue weighted by Gasteiger charge is 2.27. The zero-order valence-corrected chi connectivity index (χ0v) is 15.5. The van der Waals surface area contributed by atoms with E-state index in [1.54, 1.807) is 12.2 Å². The van der Waals surface area contributed by atoms with E-state index in [9.17, 15) is 14.7 Å². The van der Waals surface area contributed by atoms with Crippen LogP contribution >= 0.6 is 0 Å². The minimum absolute atomic E-state index is 0.00699. The number of hydrogen-bond donors (Lipinski definition) is 2. The Labute approximate surface area is 160 Å². The van der Waals surface area contributed by atoms with E-state index in [0.29, 0.717) is 25.7 Å². The summed E-state index contributed by atoms with van der Waals surface area (Å²) < 4.78 is 0. The van der Waals surface area contributed by atoms with Gasteiger partial charge in [0.2, 0.25) is 0 Å². The van der Waals surface area contributed by atoms with E-state index >= 15 is 0 Å². The molecule has 27 heavy (non-hydrogen) atoms. The summed E-state index contributed by atoms with van der Waals surface area (Å²) in [6.07, 6.45) is 14.2. The number of aliphatic carboxylic acids is 1. The summed E-state index contributed by atoms with van der Waals surface area (Å²) in [5, 5.41) is 18.8. The van der Waals surface area contributed by atoms with Gasteiger partial charge >= 0.3 is 5.97 Å². The number of aliphatic hydroxyl groups excluding tert-OH is 1. The molecule has 0 saturated carbocycles. The maximum atomic E-state index is 12.1. The molecule has 1 aliphatic rings. The third-order valence-electron chi connectivity index (χ3n) is 4.76. The Hall–Kier alpha value is -2.46. The number of allylic oxidation sites excluding steroid dienone is 5. The molecule has 4 nitrogen and oxygen atoms in total. The number of carboxylic acid groups (broad SMARTS) is 1. The highest BCUT2D eigenvalue weighted by molar-refractivity contribution is 5.95. The van der Waals surface area contributed by atoms with Gasteiger partial charge in [0.15, 0.2) is 5.78 Å². The minimum Gasteiger partial charge on any atom is -0.481 e. The quantitative estimate of drug-likeness (QED) is 0.455. The Bertz CT molecular complexity index is 688. The maximum Gasteiger partial charge on any atom is 0.303 e. The summed E-state index contributed by atoms with van der Waals surface area (Å²) in [5.41, 5.74) is 1.20. The predicted octanol–water partition coefficient (Wildman–Crippen LogP) is 4.11. The number of carbonyl (C=O) groups is 2. The molecular formula is C23H28O4. The first kappa shape index (κ1) is 20.8. The molecule has 0 radical (unpaired) electrons. The number of carboxylic acids is 1. The van der Waals surface area contributed by atoms with E-state index in [1.807, 2.05) is 54.6 Å². The molecule has 0 saturated heterocycles. The van der Waals surface area contributed by atoms with Gasteiger partial charge in [0, 0.05) is 18.3 Å². The van der Waals surface area contributed by atoms with Crippen molar-refractivity contribution >= 4 is 11.8 Å². The van der Waals surface area contributed by atoms with Crippen LogP contribution in [0.2, 0.25) is 0 Å². The molecule has 0 bridgehead atoms. The first-order chi connectivity index (χ1) is 13.1. The highest BCUT2D eigenvalue weighted by atomic mass is 16.4. The third kappa shape index (κ3) is 7.75. The molecule has 4 heteroatoms. The van der Waals surface area contributed by atoms with Crippen molar-refractivity contribution in [3.05, 3.63) is 72.4 Å². The normalized spacial score (nSPS) is 20.7. The fraction of sp³-hybridized carbons (Fsp3) is 0.391. The van der Waals surface area contributed by atoms with Crippen LogP contribution in [0, 0.1) is 11.8 Å². The second-order valence-electron chi connectivity index (χ2n) is 6.91. The fourth-order valence-electron chi connectivity index (χ4n) is 3.17. The summed E-state index contributed by atoms with van der Waals surface area (Å²) in [6.45, 7) is 0. The van der Waals surface area contributed by atoms with Crippen molar-refractivity contribution in [2.75, 3.05) is 0 Å². The van der Waals surface area contributed by atoms with Crippen LogP contribution in [0.5, 0.6) is 0 Å². The van der Waals surface area contributed by atoms with Crippen LogP contribution in [0.25, 0.3) is 0 Å². The van der Waals surface area contributed by atoms with Gasteiger partial charge in [-0.25, -0.2) is 0 Å². The number of aryl methyl sites for hydroxylation is 1. The van der Waals surface area contributed by atoms with Crippen molar-refractivity contribution in [3.63, 3.8) is 0 Å². The van der Waals surface area contributed by atoms with Crippen LogP contribution in [0.1, 0.15) is 37.7 Å². The van der Waals surface area contributed by atoms with Gasteiger partial charge in [-0.2, -0.15) is 0 Å². The molecule has 0 spiro atoms. The lowest BCUT2D eigenvalue weighted by molar-refractivity contribution is -0.137. The van der Waals surface area contributed by atoms with Crippen LogP contribution in [0.15, 0.2) is 66.8 Å². The van der Waals surface area contributed by atoms with E-state index in [4.69, 9.17) is 5.11 Å². The molecule has 2 N–H and O–H groups in total. The van der Waals surface area contributed by atoms with Gasteiger partial charge in [0.25, 0.3) is 0 Å². The SMILES string of the molecule is O=C(O)CCC/C=C\C[C@@H]1C(=O)C=C[C@@H]1/C=C/[C@H](O)CCc1ccccc1. The average molecular weight is 368 g/mol. The first-order valence-electron chi connectivity index (χ1n) is 9.55. The monoisotopic (exact) mass is 368 g/mol. The Kier molecular flexibility index (Phi) is 8.72. The van der Waals surface area contributed by atoms with E-state index in [1.165, 1.54) is 5.56 Å². The van der Waals surface area contributed by atoms with E-state index in [2.05, 4.69) is 0 Å². The molecule has 3 atom stereocenters. The van der Waals surface area contributed by atoms with Crippen molar-refractivity contribution in [1.82, 2.24) is 0 Å². The minimum atomic E-state index is -0.783. The van der Waals surface area contributed by atoms with Crippen molar-refractivity contribution in [3.8, 4) is 0 Å². The maximum absolute atomic E-state index is 12.1. The molecule has 0 fully saturated rings. The van der Waals surface area contributed by atoms with Gasteiger partial charge in [-0.15, -0.1) is 0 Å². The summed E-state index contributed by atoms with van der Waals surface area (Å²) >= 11 is 0. The molecule has 0 amide bonds. The highest BCUT2D eigenvalue weighted by Crippen LogP contribution is 2.27. The smallest absolute Gasteiger partial charge is 0.303 e. The third-order valence-corrected chi connectivity index (χ3v) is 4.76. The number of ketones is 1. The van der Waals surface area contributed by atoms with Gasteiger partial charge in [-0.1, -0.05) is 60.7 Å². The van der Waals surface area contributed by atoms with Crippen molar-refractivity contribution in [2.24, 2.45) is 11.8 Å². The van der Waals surface area contributed by atoms with Crippen molar-refractivity contribution < 1.29 is 19.8 Å². The Morgan fingerprint density at radius 2 is 1.96 bits per heavy atom.